The number of rotatable bonds is 8. The zero-order valence-electron chi connectivity index (χ0n) is 13.9. The molecule has 0 atom stereocenters. The van der Waals surface area contributed by atoms with E-state index in [1.165, 1.54) is 24.3 Å². The summed E-state index contributed by atoms with van der Waals surface area (Å²) in [7, 11) is 0. The second-order valence-corrected chi connectivity index (χ2v) is 6.06. The molecule has 1 saturated carbocycles. The van der Waals surface area contributed by atoms with E-state index in [4.69, 9.17) is 14.6 Å². The number of halogens is 1. The van der Waals surface area contributed by atoms with Crippen LogP contribution >= 0.6 is 0 Å². The molecule has 2 N–H and O–H groups in total. The second-order valence-electron chi connectivity index (χ2n) is 6.06. The van der Waals surface area contributed by atoms with Gasteiger partial charge in [0.1, 0.15) is 17.3 Å². The van der Waals surface area contributed by atoms with Crippen LogP contribution in [0.25, 0.3) is 0 Å². The third kappa shape index (κ3) is 4.95. The number of nitrogens with one attached hydrogen (secondary N) is 1. The van der Waals surface area contributed by atoms with Crippen LogP contribution in [-0.2, 0) is 4.79 Å². The minimum atomic E-state index is -1.11. The Hall–Kier alpha value is -3.09. The van der Waals surface area contributed by atoms with Crippen molar-refractivity contribution < 1.29 is 28.6 Å². The molecule has 0 unspecified atom stereocenters. The average Bonchev–Trinajstić information content (AvgIpc) is 3.44. The minimum Gasteiger partial charge on any atom is -0.491 e. The Bertz CT molecular complexity index is 819. The SMILES string of the molecule is O=C(O)COc1cccc(C(=O)Nc2ccc(F)cc2OCC2CC2)c1. The minimum absolute atomic E-state index is 0.268. The molecule has 1 fully saturated rings. The van der Waals surface area contributed by atoms with Crippen LogP contribution in [-0.4, -0.2) is 30.2 Å². The van der Waals surface area contributed by atoms with Crippen LogP contribution in [0.15, 0.2) is 42.5 Å². The monoisotopic (exact) mass is 359 g/mol. The van der Waals surface area contributed by atoms with Gasteiger partial charge in [-0.3, -0.25) is 4.79 Å². The van der Waals surface area contributed by atoms with Crippen LogP contribution in [0, 0.1) is 11.7 Å². The van der Waals surface area contributed by atoms with Gasteiger partial charge in [0, 0.05) is 11.6 Å². The zero-order valence-corrected chi connectivity index (χ0v) is 13.9. The van der Waals surface area contributed by atoms with Crippen LogP contribution in [0.5, 0.6) is 11.5 Å². The third-order valence-electron chi connectivity index (χ3n) is 3.82. The molecule has 7 heteroatoms. The lowest BCUT2D eigenvalue weighted by Gasteiger charge is -2.13. The summed E-state index contributed by atoms with van der Waals surface area (Å²) in [6.07, 6.45) is 2.19. The molecular formula is C19H18FNO5. The molecule has 6 nitrogen and oxygen atoms in total. The van der Waals surface area contributed by atoms with E-state index in [0.717, 1.165) is 12.8 Å². The number of carbonyl (C=O) groups excluding carboxylic acids is 1. The standard InChI is InChI=1S/C19H18FNO5/c20-14-6-7-16(17(9-14)26-10-12-4-5-12)21-19(24)13-2-1-3-15(8-13)25-11-18(22)23/h1-3,6-9,12H,4-5,10-11H2,(H,21,24)(H,22,23). The number of benzene rings is 2. The maximum atomic E-state index is 13.5. The first-order valence-electron chi connectivity index (χ1n) is 8.19. The normalized spacial score (nSPS) is 13.1. The first kappa shape index (κ1) is 17.7. The molecule has 1 amide bonds. The van der Waals surface area contributed by atoms with Gasteiger partial charge < -0.3 is 19.9 Å². The molecule has 2 aromatic rings. The third-order valence-corrected chi connectivity index (χ3v) is 3.82. The molecule has 136 valence electrons. The molecule has 1 aliphatic rings. The van der Waals surface area contributed by atoms with Gasteiger partial charge in [-0.2, -0.15) is 0 Å². The summed E-state index contributed by atoms with van der Waals surface area (Å²) in [5.74, 6) is -0.951. The number of carboxylic acid groups (broad SMARTS) is 1. The van der Waals surface area contributed by atoms with Crippen LogP contribution in [0.2, 0.25) is 0 Å². The average molecular weight is 359 g/mol. The van der Waals surface area contributed by atoms with Gasteiger partial charge in [0.05, 0.1) is 12.3 Å². The number of ether oxygens (including phenoxy) is 2. The highest BCUT2D eigenvalue weighted by Gasteiger charge is 2.23. The Morgan fingerprint density at radius 2 is 1.96 bits per heavy atom. The quantitative estimate of drug-likeness (QED) is 0.755. The lowest BCUT2D eigenvalue weighted by atomic mass is 10.2. The fraction of sp³-hybridized carbons (Fsp3) is 0.263. The number of carboxylic acids is 1. The Labute approximate surface area is 149 Å². The van der Waals surface area contributed by atoms with Gasteiger partial charge in [0.2, 0.25) is 0 Å². The van der Waals surface area contributed by atoms with Gasteiger partial charge in [0.15, 0.2) is 6.61 Å². The van der Waals surface area contributed by atoms with Gasteiger partial charge in [-0.25, -0.2) is 9.18 Å². The Morgan fingerprint density at radius 3 is 2.69 bits per heavy atom. The van der Waals surface area contributed by atoms with Crippen LogP contribution in [0.1, 0.15) is 23.2 Å². The van der Waals surface area contributed by atoms with Crippen LogP contribution in [0.4, 0.5) is 10.1 Å². The summed E-state index contributed by atoms with van der Waals surface area (Å²) in [5, 5.41) is 11.3. The highest BCUT2D eigenvalue weighted by molar-refractivity contribution is 6.05. The van der Waals surface area contributed by atoms with E-state index in [9.17, 15) is 14.0 Å². The van der Waals surface area contributed by atoms with E-state index in [0.29, 0.717) is 18.2 Å². The van der Waals surface area contributed by atoms with Crippen molar-refractivity contribution in [3.05, 3.63) is 53.8 Å². The first-order valence-corrected chi connectivity index (χ1v) is 8.19. The highest BCUT2D eigenvalue weighted by Crippen LogP contribution is 2.32. The Balaban J connectivity index is 1.70. The molecule has 0 saturated heterocycles. The maximum absolute atomic E-state index is 13.5. The molecule has 3 rings (SSSR count). The van der Waals surface area contributed by atoms with Gasteiger partial charge >= 0.3 is 5.97 Å². The molecule has 0 heterocycles. The van der Waals surface area contributed by atoms with Crippen molar-refractivity contribution >= 4 is 17.6 Å². The summed E-state index contributed by atoms with van der Waals surface area (Å²) in [4.78, 5) is 23.0. The molecule has 0 spiro atoms. The largest absolute Gasteiger partial charge is 0.491 e. The number of hydrogen-bond acceptors (Lipinski definition) is 4. The van der Waals surface area contributed by atoms with Gasteiger partial charge in [-0.05, 0) is 49.1 Å². The number of aliphatic carboxylic acids is 1. The van der Waals surface area contributed by atoms with Gasteiger partial charge in [-0.15, -0.1) is 0 Å². The van der Waals surface area contributed by atoms with E-state index < -0.39 is 24.3 Å². The second kappa shape index (κ2) is 7.86. The number of anilines is 1. The van der Waals surface area contributed by atoms with E-state index in [-0.39, 0.29) is 17.1 Å². The van der Waals surface area contributed by atoms with E-state index in [1.807, 2.05) is 0 Å². The molecular weight excluding hydrogens is 341 g/mol. The molecule has 2 aromatic carbocycles. The Morgan fingerprint density at radius 1 is 1.15 bits per heavy atom. The summed E-state index contributed by atoms with van der Waals surface area (Å²) in [5.41, 5.74) is 0.652. The molecule has 0 aliphatic heterocycles. The van der Waals surface area contributed by atoms with Crippen LogP contribution in [0.3, 0.4) is 0 Å². The zero-order chi connectivity index (χ0) is 18.5. The van der Waals surface area contributed by atoms with E-state index in [1.54, 1.807) is 18.2 Å². The lowest BCUT2D eigenvalue weighted by Crippen LogP contribution is -2.14. The van der Waals surface area contributed by atoms with Crippen molar-refractivity contribution in [1.82, 2.24) is 0 Å². The smallest absolute Gasteiger partial charge is 0.341 e. The first-order chi connectivity index (χ1) is 12.5. The predicted molar refractivity (Wildman–Crippen MR) is 92.1 cm³/mol. The summed E-state index contributed by atoms with van der Waals surface area (Å²) in [6, 6.07) is 10.1. The van der Waals surface area contributed by atoms with Crippen molar-refractivity contribution in [2.45, 2.75) is 12.8 Å². The van der Waals surface area contributed by atoms with Crippen molar-refractivity contribution in [3.63, 3.8) is 0 Å². The molecule has 0 bridgehead atoms. The van der Waals surface area contributed by atoms with E-state index >= 15 is 0 Å². The fourth-order valence-corrected chi connectivity index (χ4v) is 2.28. The van der Waals surface area contributed by atoms with Crippen molar-refractivity contribution in [3.8, 4) is 11.5 Å². The molecule has 1 aliphatic carbocycles. The molecule has 26 heavy (non-hydrogen) atoms. The molecule has 0 radical (unpaired) electrons. The molecule has 0 aromatic heterocycles. The van der Waals surface area contributed by atoms with Crippen molar-refractivity contribution in [2.24, 2.45) is 5.92 Å². The van der Waals surface area contributed by atoms with Crippen LogP contribution < -0.4 is 14.8 Å². The Kier molecular flexibility index (Phi) is 5.36. The highest BCUT2D eigenvalue weighted by atomic mass is 19.1. The summed E-state index contributed by atoms with van der Waals surface area (Å²) < 4.78 is 24.2. The topological polar surface area (TPSA) is 84.9 Å². The number of carbonyl (C=O) groups is 2. The fourth-order valence-electron chi connectivity index (χ4n) is 2.28. The summed E-state index contributed by atoms with van der Waals surface area (Å²) >= 11 is 0. The van der Waals surface area contributed by atoms with Gasteiger partial charge in [-0.1, -0.05) is 6.07 Å². The summed E-state index contributed by atoms with van der Waals surface area (Å²) in [6.45, 7) is -0.00692. The maximum Gasteiger partial charge on any atom is 0.341 e. The number of amides is 1. The van der Waals surface area contributed by atoms with E-state index in [2.05, 4.69) is 5.32 Å². The van der Waals surface area contributed by atoms with Crippen molar-refractivity contribution in [1.29, 1.82) is 0 Å². The number of hydrogen-bond donors (Lipinski definition) is 2. The lowest BCUT2D eigenvalue weighted by molar-refractivity contribution is -0.139. The predicted octanol–water partition coefficient (Wildman–Crippen LogP) is 3.33. The van der Waals surface area contributed by atoms with Crippen molar-refractivity contribution in [2.75, 3.05) is 18.5 Å². The van der Waals surface area contributed by atoms with Gasteiger partial charge in [0.25, 0.3) is 5.91 Å².